The van der Waals surface area contributed by atoms with Crippen LogP contribution < -0.4 is 0 Å². The molecule has 4 atom stereocenters. The van der Waals surface area contributed by atoms with Crippen LogP contribution in [0.4, 0.5) is 11.4 Å². The second-order valence-corrected chi connectivity index (χ2v) is 11.5. The number of hydrogen-bond acceptors (Lipinski definition) is 9. The molecular formula is C26H21N5O7S. The van der Waals surface area contributed by atoms with E-state index in [4.69, 9.17) is 0 Å². The number of benzene rings is 3. The van der Waals surface area contributed by atoms with Crippen LogP contribution in [-0.4, -0.2) is 45.0 Å². The van der Waals surface area contributed by atoms with Gasteiger partial charge in [0.1, 0.15) is 6.04 Å². The van der Waals surface area contributed by atoms with E-state index in [-0.39, 0.29) is 33.8 Å². The molecule has 0 aromatic heterocycles. The minimum absolute atomic E-state index is 0.0415. The number of carbonyl (C=O) groups is 1. The predicted molar refractivity (Wildman–Crippen MR) is 136 cm³/mol. The fraction of sp³-hybridized carbons (Fsp3) is 0.231. The normalized spacial score (nSPS) is 24.8. The second-order valence-electron chi connectivity index (χ2n) is 9.40. The average molecular weight is 548 g/mol. The summed E-state index contributed by atoms with van der Waals surface area (Å²) in [6, 6.07) is 16.6. The van der Waals surface area contributed by atoms with Crippen LogP contribution in [0.2, 0.25) is 0 Å². The van der Waals surface area contributed by atoms with Crippen LogP contribution in [0.25, 0.3) is 0 Å². The summed E-state index contributed by atoms with van der Waals surface area (Å²) in [5, 5.41) is 36.3. The molecular weight excluding hydrogens is 526 g/mol. The number of nitro groups is 2. The molecule has 0 N–H and O–H groups in total. The number of nitro benzene ring substituents is 2. The molecule has 13 heteroatoms. The van der Waals surface area contributed by atoms with E-state index in [1.165, 1.54) is 77.8 Å². The summed E-state index contributed by atoms with van der Waals surface area (Å²) >= 11 is 0. The largest absolute Gasteiger partial charge is 0.273 e. The summed E-state index contributed by atoms with van der Waals surface area (Å²) in [6.07, 6.45) is 0.0415. The number of non-ortho nitro benzene ring substituents is 2. The molecule has 0 spiro atoms. The summed E-state index contributed by atoms with van der Waals surface area (Å²) in [5.41, 5.74) is 0.0470. The summed E-state index contributed by atoms with van der Waals surface area (Å²) in [7, 11) is -4.55. The summed E-state index contributed by atoms with van der Waals surface area (Å²) in [6.45, 7) is 1.73. The lowest BCUT2D eigenvalue weighted by atomic mass is 9.84. The molecule has 2 aliphatic rings. The van der Waals surface area contributed by atoms with Gasteiger partial charge >= 0.3 is 0 Å². The quantitative estimate of drug-likeness (QED) is 0.328. The first kappa shape index (κ1) is 26.0. The van der Waals surface area contributed by atoms with Crippen molar-refractivity contribution in [2.75, 3.05) is 0 Å². The van der Waals surface area contributed by atoms with E-state index in [0.29, 0.717) is 0 Å². The van der Waals surface area contributed by atoms with E-state index in [2.05, 4.69) is 6.07 Å². The third-order valence-electron chi connectivity index (χ3n) is 7.26. The first-order valence-corrected chi connectivity index (χ1v) is 13.3. The number of fused-ring (bicyclic) bond motifs is 1. The predicted octanol–water partition coefficient (Wildman–Crippen LogP) is 3.87. The van der Waals surface area contributed by atoms with E-state index in [9.17, 15) is 38.7 Å². The topological polar surface area (TPSA) is 168 Å². The van der Waals surface area contributed by atoms with Gasteiger partial charge in [-0.15, -0.1) is 0 Å². The van der Waals surface area contributed by atoms with E-state index in [1.807, 2.05) is 0 Å². The number of nitriles is 1. The molecule has 5 rings (SSSR count). The zero-order chi connectivity index (χ0) is 28.1. The molecule has 198 valence electrons. The average Bonchev–Trinajstić information content (AvgIpc) is 3.41. The van der Waals surface area contributed by atoms with E-state index in [0.717, 1.165) is 0 Å². The van der Waals surface area contributed by atoms with Gasteiger partial charge in [-0.05, 0) is 42.3 Å². The fourth-order valence-corrected chi connectivity index (χ4v) is 7.68. The zero-order valence-corrected chi connectivity index (χ0v) is 21.3. The number of rotatable bonds is 6. The zero-order valence-electron chi connectivity index (χ0n) is 20.4. The van der Waals surface area contributed by atoms with Crippen molar-refractivity contribution in [3.63, 3.8) is 0 Å². The SMILES string of the molecule is C[C@H]1CC(=O)N2[C@H](c3ccc([N+](=O)[O-])cc3)[C@@](C#N)(S(=O)(=O)c3ccccc3)[C@H](c3ccc([N+](=O)[O-])cc3)N12. The minimum atomic E-state index is -4.55. The molecule has 2 saturated heterocycles. The minimum Gasteiger partial charge on any atom is -0.273 e. The van der Waals surface area contributed by atoms with Crippen molar-refractivity contribution < 1.29 is 23.1 Å². The highest BCUT2D eigenvalue weighted by Crippen LogP contribution is 2.59. The Morgan fingerprint density at radius 1 is 0.872 bits per heavy atom. The Morgan fingerprint density at radius 2 is 1.36 bits per heavy atom. The lowest BCUT2D eigenvalue weighted by molar-refractivity contribution is -0.385. The molecule has 1 amide bonds. The highest BCUT2D eigenvalue weighted by molar-refractivity contribution is 7.93. The number of sulfone groups is 1. The Morgan fingerprint density at radius 3 is 1.82 bits per heavy atom. The molecule has 3 aromatic carbocycles. The van der Waals surface area contributed by atoms with E-state index in [1.54, 1.807) is 18.0 Å². The molecule has 2 fully saturated rings. The number of hydrogen-bond donors (Lipinski definition) is 0. The Labute approximate surface area is 222 Å². The van der Waals surface area contributed by atoms with Crippen molar-refractivity contribution in [3.05, 3.63) is 110 Å². The summed E-state index contributed by atoms with van der Waals surface area (Å²) in [5.74, 6) is -0.418. The van der Waals surface area contributed by atoms with Gasteiger partial charge in [0.25, 0.3) is 11.4 Å². The van der Waals surface area contributed by atoms with Crippen LogP contribution in [0.3, 0.4) is 0 Å². The first-order chi connectivity index (χ1) is 18.5. The van der Waals surface area contributed by atoms with Gasteiger partial charge in [0.2, 0.25) is 20.5 Å². The molecule has 0 saturated carbocycles. The van der Waals surface area contributed by atoms with Gasteiger partial charge < -0.3 is 0 Å². The van der Waals surface area contributed by atoms with Crippen molar-refractivity contribution in [1.82, 2.24) is 10.0 Å². The lowest BCUT2D eigenvalue weighted by Crippen LogP contribution is -2.48. The fourth-order valence-electron chi connectivity index (χ4n) is 5.58. The molecule has 3 aromatic rings. The van der Waals surface area contributed by atoms with Gasteiger partial charge in [0.05, 0.1) is 26.9 Å². The Kier molecular flexibility index (Phi) is 6.16. The molecule has 0 unspecified atom stereocenters. The van der Waals surface area contributed by atoms with Gasteiger partial charge in [-0.1, -0.05) is 30.3 Å². The van der Waals surface area contributed by atoms with Gasteiger partial charge in [0, 0.05) is 36.7 Å². The molecule has 2 aliphatic heterocycles. The van der Waals surface area contributed by atoms with Crippen LogP contribution in [0.1, 0.15) is 36.6 Å². The Bertz CT molecular complexity index is 1620. The lowest BCUT2D eigenvalue weighted by Gasteiger charge is -2.34. The van der Waals surface area contributed by atoms with E-state index < -0.39 is 48.5 Å². The van der Waals surface area contributed by atoms with Gasteiger partial charge in [-0.25, -0.2) is 13.4 Å². The smallest absolute Gasteiger partial charge is 0.269 e. The van der Waals surface area contributed by atoms with Gasteiger partial charge in [0.15, 0.2) is 0 Å². The van der Waals surface area contributed by atoms with Crippen molar-refractivity contribution >= 4 is 27.1 Å². The van der Waals surface area contributed by atoms with Crippen LogP contribution in [-0.2, 0) is 14.6 Å². The molecule has 0 aliphatic carbocycles. The Hall–Kier alpha value is -4.67. The van der Waals surface area contributed by atoms with Crippen molar-refractivity contribution in [1.29, 1.82) is 5.26 Å². The van der Waals surface area contributed by atoms with Crippen LogP contribution in [0.5, 0.6) is 0 Å². The maximum atomic E-state index is 14.5. The maximum absolute atomic E-state index is 14.5. The van der Waals surface area contributed by atoms with Crippen molar-refractivity contribution in [2.24, 2.45) is 0 Å². The van der Waals surface area contributed by atoms with Gasteiger partial charge in [-0.3, -0.25) is 30.0 Å². The number of hydrazine groups is 1. The van der Waals surface area contributed by atoms with Crippen LogP contribution in [0.15, 0.2) is 83.8 Å². The molecule has 0 radical (unpaired) electrons. The molecule has 39 heavy (non-hydrogen) atoms. The molecule has 2 heterocycles. The highest BCUT2D eigenvalue weighted by atomic mass is 32.2. The number of nitrogens with zero attached hydrogens (tertiary/aromatic N) is 5. The summed E-state index contributed by atoms with van der Waals surface area (Å²) in [4.78, 5) is 34.6. The number of carbonyl (C=O) groups excluding carboxylic acids is 1. The van der Waals surface area contributed by atoms with Crippen LogP contribution in [0, 0.1) is 31.6 Å². The third kappa shape index (κ3) is 3.76. The number of amides is 1. The monoisotopic (exact) mass is 547 g/mol. The van der Waals surface area contributed by atoms with Crippen molar-refractivity contribution in [3.8, 4) is 6.07 Å². The van der Waals surface area contributed by atoms with Crippen molar-refractivity contribution in [2.45, 2.75) is 41.1 Å². The van der Waals surface area contributed by atoms with Gasteiger partial charge in [-0.2, -0.15) is 5.26 Å². The Balaban J connectivity index is 1.84. The highest BCUT2D eigenvalue weighted by Gasteiger charge is 2.71. The maximum Gasteiger partial charge on any atom is 0.269 e. The molecule has 12 nitrogen and oxygen atoms in total. The van der Waals surface area contributed by atoms with E-state index >= 15 is 0 Å². The standard InChI is InChI=1S/C26H21N5O7S/c1-17-15-23(32)29-25(19-9-13-21(14-10-19)31(35)36)26(16-27,39(37,38)22-5-3-2-4-6-22)24(28(17)29)18-7-11-20(12-8-18)30(33)34/h2-14,17,24-25H,15H2,1H3/t17-,24-,25+,26-/m0/s1. The first-order valence-electron chi connectivity index (χ1n) is 11.8. The summed E-state index contributed by atoms with van der Waals surface area (Å²) < 4.78 is 26.8. The second kappa shape index (κ2) is 9.26. The van der Waals surface area contributed by atoms with Crippen LogP contribution >= 0.6 is 0 Å². The third-order valence-corrected chi connectivity index (χ3v) is 9.58. The molecule has 0 bridgehead atoms.